The number of para-hydroxylation sites is 1. The van der Waals surface area contributed by atoms with E-state index in [0.29, 0.717) is 11.3 Å². The van der Waals surface area contributed by atoms with Gasteiger partial charge in [0, 0.05) is 5.56 Å². The molecule has 0 radical (unpaired) electrons. The third kappa shape index (κ3) is 1.85. The highest BCUT2D eigenvalue weighted by atomic mass is 16.6. The first-order valence-electron chi connectivity index (χ1n) is 4.57. The molecule has 0 unspecified atom stereocenters. The number of carbonyl (C=O) groups is 2. The number of nitrogens with one attached hydrogen (secondary N) is 1. The summed E-state index contributed by atoms with van der Waals surface area (Å²) in [5.74, 6) is -0.998. The summed E-state index contributed by atoms with van der Waals surface area (Å²) < 4.78 is 0. The van der Waals surface area contributed by atoms with E-state index in [1.54, 1.807) is 24.3 Å². The molecule has 1 aromatic rings. The van der Waals surface area contributed by atoms with E-state index in [-0.39, 0.29) is 18.2 Å². The van der Waals surface area contributed by atoms with Gasteiger partial charge in [-0.3, -0.25) is 9.59 Å². The molecule has 1 aromatic carbocycles. The van der Waals surface area contributed by atoms with Crippen molar-refractivity contribution in [2.75, 3.05) is 11.9 Å². The Kier molecular flexibility index (Phi) is 2.55. The van der Waals surface area contributed by atoms with Gasteiger partial charge >= 0.3 is 0 Å². The van der Waals surface area contributed by atoms with Crippen LogP contribution in [0.1, 0.15) is 5.56 Å². The van der Waals surface area contributed by atoms with Gasteiger partial charge in [0.1, 0.15) is 0 Å². The highest BCUT2D eigenvalue weighted by Gasteiger charge is 2.26. The molecule has 0 saturated carbocycles. The van der Waals surface area contributed by atoms with Crippen molar-refractivity contribution in [3.63, 3.8) is 0 Å². The predicted octanol–water partition coefficient (Wildman–Crippen LogP) is -0.155. The second-order valence-corrected chi connectivity index (χ2v) is 3.18. The normalized spacial score (nSPS) is 15.8. The average Bonchev–Trinajstić information content (AvgIpc) is 2.55. The van der Waals surface area contributed by atoms with E-state index < -0.39 is 5.91 Å². The molecule has 1 aliphatic heterocycles. The molecular formula is C10H9N3O3. The molecule has 1 heterocycles. The van der Waals surface area contributed by atoms with Crippen LogP contribution in [0.15, 0.2) is 29.4 Å². The summed E-state index contributed by atoms with van der Waals surface area (Å²) in [7, 11) is 0. The Morgan fingerprint density at radius 2 is 2.19 bits per heavy atom. The van der Waals surface area contributed by atoms with E-state index in [1.165, 1.54) is 0 Å². The Morgan fingerprint density at radius 1 is 1.44 bits per heavy atom. The van der Waals surface area contributed by atoms with E-state index in [1.807, 2.05) is 0 Å². The highest BCUT2D eigenvalue weighted by molar-refractivity contribution is 6.53. The minimum atomic E-state index is -0.643. The number of nitrogens with two attached hydrogens (primary N) is 1. The first-order valence-corrected chi connectivity index (χ1v) is 4.57. The number of fused-ring (bicyclic) bond motifs is 1. The summed E-state index contributed by atoms with van der Waals surface area (Å²) >= 11 is 0. The van der Waals surface area contributed by atoms with Crippen LogP contribution in [0, 0.1) is 0 Å². The smallest absolute Gasteiger partial charge is 0.278 e. The number of anilines is 1. The van der Waals surface area contributed by atoms with Gasteiger partial charge in [0.15, 0.2) is 12.3 Å². The van der Waals surface area contributed by atoms with Crippen LogP contribution >= 0.6 is 0 Å². The van der Waals surface area contributed by atoms with E-state index in [2.05, 4.69) is 15.3 Å². The number of carbonyl (C=O) groups excluding carboxylic acids is 2. The Hall–Kier alpha value is -2.37. The van der Waals surface area contributed by atoms with Crippen LogP contribution in [-0.4, -0.2) is 24.1 Å². The Morgan fingerprint density at radius 3 is 2.94 bits per heavy atom. The maximum absolute atomic E-state index is 11.5. The van der Waals surface area contributed by atoms with Gasteiger partial charge in [-0.1, -0.05) is 23.4 Å². The molecule has 2 amide bonds. The largest absolute Gasteiger partial charge is 0.385 e. The molecule has 3 N–H and O–H groups in total. The summed E-state index contributed by atoms with van der Waals surface area (Å²) in [6.07, 6.45) is 0. The quantitative estimate of drug-likeness (QED) is 0.692. The fraction of sp³-hybridized carbons (Fsp3) is 0.100. The lowest BCUT2D eigenvalue weighted by atomic mass is 10.1. The standard InChI is InChI=1S/C10H9N3O3/c11-8(14)5-16-13-9-6-3-1-2-4-7(6)12-10(9)15/h1-4H,5H2,(H2,11,14)(H,12,13,15). The van der Waals surface area contributed by atoms with E-state index in [0.717, 1.165) is 0 Å². The van der Waals surface area contributed by atoms with E-state index >= 15 is 0 Å². The fourth-order valence-electron chi connectivity index (χ4n) is 1.35. The van der Waals surface area contributed by atoms with Crippen LogP contribution in [0.2, 0.25) is 0 Å². The molecule has 0 spiro atoms. The van der Waals surface area contributed by atoms with Gasteiger partial charge in [-0.05, 0) is 6.07 Å². The number of primary amides is 1. The van der Waals surface area contributed by atoms with Crippen LogP contribution < -0.4 is 11.1 Å². The molecule has 0 aliphatic carbocycles. The van der Waals surface area contributed by atoms with Gasteiger partial charge in [-0.15, -0.1) is 0 Å². The number of oxime groups is 1. The Labute approximate surface area is 91.1 Å². The van der Waals surface area contributed by atoms with Crippen LogP contribution in [0.5, 0.6) is 0 Å². The van der Waals surface area contributed by atoms with E-state index in [4.69, 9.17) is 5.73 Å². The molecule has 16 heavy (non-hydrogen) atoms. The van der Waals surface area contributed by atoms with Crippen molar-refractivity contribution in [3.8, 4) is 0 Å². The fourth-order valence-corrected chi connectivity index (χ4v) is 1.35. The summed E-state index contributed by atoms with van der Waals surface area (Å²) in [6, 6.07) is 7.07. The SMILES string of the molecule is NC(=O)CO/N=C1\C(=O)Nc2ccccc21. The molecular weight excluding hydrogens is 210 g/mol. The van der Waals surface area contributed by atoms with Crippen LogP contribution in [0.25, 0.3) is 0 Å². The van der Waals surface area contributed by atoms with Gasteiger partial charge in [-0.2, -0.15) is 0 Å². The molecule has 0 bridgehead atoms. The molecule has 6 heteroatoms. The average molecular weight is 219 g/mol. The third-order valence-electron chi connectivity index (χ3n) is 2.01. The minimum Gasteiger partial charge on any atom is -0.385 e. The lowest BCUT2D eigenvalue weighted by Crippen LogP contribution is -2.19. The van der Waals surface area contributed by atoms with Gasteiger partial charge in [-0.25, -0.2) is 0 Å². The van der Waals surface area contributed by atoms with Gasteiger partial charge in [0.2, 0.25) is 0 Å². The van der Waals surface area contributed by atoms with Crippen molar-refractivity contribution in [1.82, 2.24) is 0 Å². The van der Waals surface area contributed by atoms with Crippen molar-refractivity contribution in [3.05, 3.63) is 29.8 Å². The lowest BCUT2D eigenvalue weighted by molar-refractivity contribution is -0.122. The Balaban J connectivity index is 2.22. The molecule has 82 valence electrons. The van der Waals surface area contributed by atoms with E-state index in [9.17, 15) is 9.59 Å². The van der Waals surface area contributed by atoms with Gasteiger partial charge in [0.05, 0.1) is 5.69 Å². The summed E-state index contributed by atoms with van der Waals surface area (Å²) in [5, 5.41) is 6.21. The summed E-state index contributed by atoms with van der Waals surface area (Å²) in [4.78, 5) is 26.6. The zero-order valence-electron chi connectivity index (χ0n) is 8.27. The predicted molar refractivity (Wildman–Crippen MR) is 56.8 cm³/mol. The monoisotopic (exact) mass is 219 g/mol. The summed E-state index contributed by atoms with van der Waals surface area (Å²) in [5.41, 5.74) is 6.35. The maximum atomic E-state index is 11.5. The number of nitrogens with zero attached hydrogens (tertiary/aromatic N) is 1. The van der Waals surface area contributed by atoms with Crippen LogP contribution in [0.3, 0.4) is 0 Å². The van der Waals surface area contributed by atoms with Crippen LogP contribution in [0.4, 0.5) is 5.69 Å². The number of hydrogen-bond donors (Lipinski definition) is 2. The number of benzene rings is 1. The number of rotatable bonds is 3. The summed E-state index contributed by atoms with van der Waals surface area (Å²) in [6.45, 7) is -0.348. The molecule has 0 fully saturated rings. The van der Waals surface area contributed by atoms with Gasteiger partial charge < -0.3 is 15.9 Å². The Bertz CT molecular complexity index is 482. The highest BCUT2D eigenvalue weighted by Crippen LogP contribution is 2.22. The maximum Gasteiger partial charge on any atom is 0.278 e. The zero-order valence-corrected chi connectivity index (χ0v) is 8.27. The first-order chi connectivity index (χ1) is 7.68. The third-order valence-corrected chi connectivity index (χ3v) is 2.01. The molecule has 2 rings (SSSR count). The van der Waals surface area contributed by atoms with Gasteiger partial charge in [0.25, 0.3) is 11.8 Å². The second kappa shape index (κ2) is 4.01. The molecule has 0 atom stereocenters. The minimum absolute atomic E-state index is 0.150. The molecule has 1 aliphatic rings. The van der Waals surface area contributed by atoms with Crippen molar-refractivity contribution >= 4 is 23.2 Å². The molecule has 0 aromatic heterocycles. The van der Waals surface area contributed by atoms with Crippen molar-refractivity contribution < 1.29 is 14.4 Å². The zero-order chi connectivity index (χ0) is 11.5. The lowest BCUT2D eigenvalue weighted by Gasteiger charge is -1.97. The van der Waals surface area contributed by atoms with Crippen LogP contribution in [-0.2, 0) is 14.4 Å². The second-order valence-electron chi connectivity index (χ2n) is 3.18. The van der Waals surface area contributed by atoms with Crippen molar-refractivity contribution in [1.29, 1.82) is 0 Å². The van der Waals surface area contributed by atoms with Crippen molar-refractivity contribution in [2.45, 2.75) is 0 Å². The first kappa shape index (κ1) is 10.2. The molecule has 6 nitrogen and oxygen atoms in total. The topological polar surface area (TPSA) is 93.8 Å². The van der Waals surface area contributed by atoms with Crippen molar-refractivity contribution in [2.24, 2.45) is 10.9 Å². The molecule has 0 saturated heterocycles. The number of hydrogen-bond acceptors (Lipinski definition) is 4. The number of amides is 2.